The predicted molar refractivity (Wildman–Crippen MR) is 120 cm³/mol. The van der Waals surface area contributed by atoms with E-state index >= 15 is 4.39 Å². The van der Waals surface area contributed by atoms with E-state index in [1.807, 2.05) is 18.2 Å². The highest BCUT2D eigenvalue weighted by atomic mass is 35.5. The zero-order chi connectivity index (χ0) is 22.5. The summed E-state index contributed by atoms with van der Waals surface area (Å²) in [6.07, 6.45) is 3.31. The Labute approximate surface area is 190 Å². The van der Waals surface area contributed by atoms with Gasteiger partial charge in [0.1, 0.15) is 11.3 Å². The Balaban J connectivity index is 1.45. The number of fused-ring (bicyclic) bond motifs is 2. The van der Waals surface area contributed by atoms with Crippen LogP contribution in [0.4, 0.5) is 8.78 Å². The Bertz CT molecular complexity index is 1650. The molecule has 0 aliphatic heterocycles. The summed E-state index contributed by atoms with van der Waals surface area (Å²) in [6.45, 7) is 0.166. The maximum absolute atomic E-state index is 15.0. The van der Waals surface area contributed by atoms with E-state index in [-0.39, 0.29) is 12.1 Å². The first-order valence-corrected chi connectivity index (χ1v) is 10.4. The number of nitrogens with one attached hydrogen (secondary N) is 1. The molecular weight excluding hydrogens is 448 g/mol. The first kappa shape index (κ1) is 19.6. The van der Waals surface area contributed by atoms with E-state index in [1.54, 1.807) is 46.0 Å². The van der Waals surface area contributed by atoms with E-state index < -0.39 is 11.6 Å². The quantitative estimate of drug-likeness (QED) is 0.394. The van der Waals surface area contributed by atoms with Gasteiger partial charge in [-0.15, -0.1) is 5.10 Å². The van der Waals surface area contributed by atoms with E-state index in [2.05, 4.69) is 25.6 Å². The van der Waals surface area contributed by atoms with Crippen LogP contribution in [-0.2, 0) is 6.54 Å². The van der Waals surface area contributed by atoms with Gasteiger partial charge in [-0.3, -0.25) is 9.78 Å². The van der Waals surface area contributed by atoms with E-state index in [4.69, 9.17) is 11.6 Å². The lowest BCUT2D eigenvalue weighted by atomic mass is 10.1. The van der Waals surface area contributed by atoms with Crippen molar-refractivity contribution < 1.29 is 8.78 Å². The molecule has 1 N–H and O–H groups in total. The van der Waals surface area contributed by atoms with Gasteiger partial charge in [-0.1, -0.05) is 22.9 Å². The minimum atomic E-state index is -0.512. The second kappa shape index (κ2) is 7.49. The minimum absolute atomic E-state index is 0.151. The van der Waals surface area contributed by atoms with Crippen molar-refractivity contribution in [3.05, 3.63) is 89.2 Å². The fourth-order valence-corrected chi connectivity index (χ4v) is 4.05. The van der Waals surface area contributed by atoms with E-state index in [9.17, 15) is 4.39 Å². The Morgan fingerprint density at radius 2 is 1.88 bits per heavy atom. The number of hydrogen-bond donors (Lipinski definition) is 1. The molecule has 0 atom stereocenters. The highest BCUT2D eigenvalue weighted by Gasteiger charge is 2.17. The third-order valence-corrected chi connectivity index (χ3v) is 5.76. The van der Waals surface area contributed by atoms with Gasteiger partial charge in [-0.05, 0) is 48.5 Å². The Morgan fingerprint density at radius 1 is 0.970 bits per heavy atom. The summed E-state index contributed by atoms with van der Waals surface area (Å²) in [6, 6.07) is 15.0. The lowest BCUT2D eigenvalue weighted by molar-refractivity contribution is 0.587. The van der Waals surface area contributed by atoms with E-state index in [0.717, 1.165) is 10.9 Å². The molecule has 0 fully saturated rings. The predicted octanol–water partition coefficient (Wildman–Crippen LogP) is 5.14. The van der Waals surface area contributed by atoms with Gasteiger partial charge in [0.25, 0.3) is 0 Å². The maximum Gasteiger partial charge on any atom is 0.153 e. The molecule has 10 heteroatoms. The second-order valence-corrected chi connectivity index (χ2v) is 8.01. The molecule has 3 aromatic heterocycles. The Morgan fingerprint density at radius 3 is 2.76 bits per heavy atom. The largest absolute Gasteiger partial charge is 0.278 e. The van der Waals surface area contributed by atoms with Gasteiger partial charge in [0.2, 0.25) is 0 Å². The van der Waals surface area contributed by atoms with Gasteiger partial charge in [-0.2, -0.15) is 10.2 Å². The number of H-pyrrole nitrogens is 1. The summed E-state index contributed by atoms with van der Waals surface area (Å²) in [5, 5.41) is 20.7. The van der Waals surface area contributed by atoms with Gasteiger partial charge < -0.3 is 0 Å². The molecular formula is C23H14ClF2N7. The van der Waals surface area contributed by atoms with Gasteiger partial charge in [-0.25, -0.2) is 13.5 Å². The third-order valence-electron chi connectivity index (χ3n) is 5.52. The molecule has 0 unspecified atom stereocenters. The molecule has 33 heavy (non-hydrogen) atoms. The van der Waals surface area contributed by atoms with Crippen LogP contribution in [0.2, 0.25) is 5.02 Å². The van der Waals surface area contributed by atoms with Crippen LogP contribution in [0.5, 0.6) is 0 Å². The van der Waals surface area contributed by atoms with Crippen LogP contribution in [0, 0.1) is 11.6 Å². The molecule has 6 aromatic rings. The van der Waals surface area contributed by atoms with Gasteiger partial charge in [0, 0.05) is 27.7 Å². The van der Waals surface area contributed by atoms with E-state index in [0.29, 0.717) is 33.0 Å². The molecule has 0 amide bonds. The molecule has 162 valence electrons. The topological polar surface area (TPSA) is 77.2 Å². The van der Waals surface area contributed by atoms with Crippen LogP contribution in [-0.4, -0.2) is 35.0 Å². The van der Waals surface area contributed by atoms with Crippen molar-refractivity contribution in [3.63, 3.8) is 0 Å². The molecule has 0 aliphatic rings. The highest BCUT2D eigenvalue weighted by Crippen LogP contribution is 2.29. The molecule has 0 spiro atoms. The third kappa shape index (κ3) is 3.33. The first-order chi connectivity index (χ1) is 16.1. The molecule has 0 saturated heterocycles. The zero-order valence-corrected chi connectivity index (χ0v) is 17.6. The van der Waals surface area contributed by atoms with Crippen molar-refractivity contribution in [2.75, 3.05) is 0 Å². The number of aromatic nitrogens is 7. The van der Waals surface area contributed by atoms with Gasteiger partial charge in [0.05, 0.1) is 35.2 Å². The maximum atomic E-state index is 15.0. The summed E-state index contributed by atoms with van der Waals surface area (Å²) < 4.78 is 32.5. The van der Waals surface area contributed by atoms with Crippen molar-refractivity contribution in [3.8, 4) is 16.9 Å². The molecule has 0 aliphatic carbocycles. The summed E-state index contributed by atoms with van der Waals surface area (Å²) >= 11 is 5.86. The average Bonchev–Trinajstić information content (AvgIpc) is 3.54. The van der Waals surface area contributed by atoms with Crippen LogP contribution < -0.4 is 0 Å². The van der Waals surface area contributed by atoms with Crippen molar-refractivity contribution in [2.24, 2.45) is 0 Å². The number of aromatic amines is 1. The normalized spacial score (nSPS) is 11.6. The summed E-state index contributed by atoms with van der Waals surface area (Å²) in [7, 11) is 0. The number of hydrogen-bond acceptors (Lipinski definition) is 4. The molecule has 3 aromatic carbocycles. The van der Waals surface area contributed by atoms with Gasteiger partial charge >= 0.3 is 0 Å². The summed E-state index contributed by atoms with van der Waals surface area (Å²) in [5.41, 5.74) is 3.80. The lowest BCUT2D eigenvalue weighted by Gasteiger charge is -2.10. The van der Waals surface area contributed by atoms with Crippen LogP contribution in [0.25, 0.3) is 38.9 Å². The number of benzene rings is 3. The highest BCUT2D eigenvalue weighted by molar-refractivity contribution is 6.30. The van der Waals surface area contributed by atoms with E-state index in [1.165, 1.54) is 12.1 Å². The summed E-state index contributed by atoms with van der Waals surface area (Å²) in [5.74, 6) is -0.941. The molecule has 6 rings (SSSR count). The number of rotatable bonds is 4. The van der Waals surface area contributed by atoms with Crippen molar-refractivity contribution in [2.45, 2.75) is 6.54 Å². The molecule has 0 radical (unpaired) electrons. The summed E-state index contributed by atoms with van der Waals surface area (Å²) in [4.78, 5) is 0. The molecule has 3 heterocycles. The zero-order valence-electron chi connectivity index (χ0n) is 16.9. The van der Waals surface area contributed by atoms with Crippen LogP contribution in [0.1, 0.15) is 5.56 Å². The standard InChI is InChI=1S/C23H14ClF2N7/c24-16-3-1-14(18(25)9-16)12-32-21(5-6-28-32)15-7-19(26)23-22(8-15)33(31-30-23)17-4-2-13-11-27-29-20(13)10-17/h1-11H,12H2,(H,27,29). The number of nitrogens with zero attached hydrogens (tertiary/aromatic N) is 6. The number of halogens is 3. The molecule has 0 saturated carbocycles. The molecule has 0 bridgehead atoms. The Hall–Kier alpha value is -4.11. The molecule has 7 nitrogen and oxygen atoms in total. The second-order valence-electron chi connectivity index (χ2n) is 7.58. The van der Waals surface area contributed by atoms with Crippen molar-refractivity contribution in [1.29, 1.82) is 0 Å². The Kier molecular flexibility index (Phi) is 4.44. The lowest BCUT2D eigenvalue weighted by Crippen LogP contribution is -2.06. The fourth-order valence-electron chi connectivity index (χ4n) is 3.89. The van der Waals surface area contributed by atoms with Crippen LogP contribution in [0.3, 0.4) is 0 Å². The first-order valence-electron chi connectivity index (χ1n) is 10.0. The monoisotopic (exact) mass is 461 g/mol. The van der Waals surface area contributed by atoms with Crippen molar-refractivity contribution >= 4 is 33.5 Å². The van der Waals surface area contributed by atoms with Crippen molar-refractivity contribution in [1.82, 2.24) is 35.0 Å². The van der Waals surface area contributed by atoms with Gasteiger partial charge in [0.15, 0.2) is 5.82 Å². The smallest absolute Gasteiger partial charge is 0.153 e. The minimum Gasteiger partial charge on any atom is -0.278 e. The average molecular weight is 462 g/mol. The van der Waals surface area contributed by atoms with Crippen LogP contribution in [0.15, 0.2) is 67.0 Å². The van der Waals surface area contributed by atoms with Crippen LogP contribution >= 0.6 is 11.6 Å². The fraction of sp³-hybridized carbons (Fsp3) is 0.0435. The SMILES string of the molecule is Fc1cc(Cl)ccc1Cn1nccc1-c1cc(F)c2nnn(-c3ccc4cn[nH]c4c3)c2c1.